The second kappa shape index (κ2) is 5.62. The number of nitrogens with zero attached hydrogens (tertiary/aromatic N) is 1. The standard InChI is InChI=1S/C10H12BrN3O2/c1-14(10(16)9(15)13-12)6-7-4-2-3-5-8(7)11/h2-5H,6,12H2,1H3,(H,13,15). The van der Waals surface area contributed by atoms with Crippen LogP contribution in [-0.2, 0) is 16.1 Å². The zero-order valence-corrected chi connectivity index (χ0v) is 10.3. The third-order valence-corrected chi connectivity index (χ3v) is 2.81. The smallest absolute Gasteiger partial charge is 0.323 e. The molecule has 0 atom stereocenters. The monoisotopic (exact) mass is 285 g/mol. The van der Waals surface area contributed by atoms with Gasteiger partial charge < -0.3 is 4.90 Å². The van der Waals surface area contributed by atoms with Crippen molar-refractivity contribution in [1.29, 1.82) is 0 Å². The Morgan fingerprint density at radius 1 is 1.44 bits per heavy atom. The summed E-state index contributed by atoms with van der Waals surface area (Å²) in [5.41, 5.74) is 2.72. The van der Waals surface area contributed by atoms with Crippen molar-refractivity contribution in [2.75, 3.05) is 7.05 Å². The van der Waals surface area contributed by atoms with Crippen LogP contribution < -0.4 is 11.3 Å². The summed E-state index contributed by atoms with van der Waals surface area (Å²) in [6.07, 6.45) is 0. The zero-order chi connectivity index (χ0) is 12.1. The molecular weight excluding hydrogens is 274 g/mol. The van der Waals surface area contributed by atoms with Gasteiger partial charge in [0.05, 0.1) is 0 Å². The maximum Gasteiger partial charge on any atom is 0.323 e. The lowest BCUT2D eigenvalue weighted by atomic mass is 10.2. The fourth-order valence-electron chi connectivity index (χ4n) is 1.19. The number of rotatable bonds is 2. The van der Waals surface area contributed by atoms with Crippen LogP contribution in [0.4, 0.5) is 0 Å². The van der Waals surface area contributed by atoms with E-state index in [0.29, 0.717) is 6.54 Å². The van der Waals surface area contributed by atoms with Crippen LogP contribution in [0, 0.1) is 0 Å². The van der Waals surface area contributed by atoms with E-state index in [1.165, 1.54) is 11.9 Å². The van der Waals surface area contributed by atoms with Gasteiger partial charge in [-0.2, -0.15) is 0 Å². The number of hydrogen-bond acceptors (Lipinski definition) is 3. The van der Waals surface area contributed by atoms with E-state index in [4.69, 9.17) is 5.84 Å². The van der Waals surface area contributed by atoms with Gasteiger partial charge in [-0.15, -0.1) is 0 Å². The molecule has 2 amide bonds. The summed E-state index contributed by atoms with van der Waals surface area (Å²) in [6, 6.07) is 7.48. The molecule has 3 N–H and O–H groups in total. The fraction of sp³-hybridized carbons (Fsp3) is 0.200. The van der Waals surface area contributed by atoms with Crippen molar-refractivity contribution in [3.63, 3.8) is 0 Å². The van der Waals surface area contributed by atoms with Crippen molar-refractivity contribution < 1.29 is 9.59 Å². The van der Waals surface area contributed by atoms with Gasteiger partial charge >= 0.3 is 11.8 Å². The molecular formula is C10H12BrN3O2. The summed E-state index contributed by atoms with van der Waals surface area (Å²) in [5, 5.41) is 0. The molecule has 1 rings (SSSR count). The molecule has 0 radical (unpaired) electrons. The van der Waals surface area contributed by atoms with Crippen LogP contribution in [0.1, 0.15) is 5.56 Å². The lowest BCUT2D eigenvalue weighted by Crippen LogP contribution is -2.43. The van der Waals surface area contributed by atoms with Gasteiger partial charge in [0.1, 0.15) is 0 Å². The predicted molar refractivity (Wildman–Crippen MR) is 62.9 cm³/mol. The molecule has 0 aliphatic heterocycles. The van der Waals surface area contributed by atoms with E-state index < -0.39 is 11.8 Å². The number of nitrogens with two attached hydrogens (primary N) is 1. The minimum absolute atomic E-state index is 0.341. The Hall–Kier alpha value is -1.40. The Morgan fingerprint density at radius 3 is 2.62 bits per heavy atom. The number of hydrazine groups is 1. The first-order valence-corrected chi connectivity index (χ1v) is 5.35. The summed E-state index contributed by atoms with van der Waals surface area (Å²) in [4.78, 5) is 23.7. The first-order valence-electron chi connectivity index (χ1n) is 4.55. The summed E-state index contributed by atoms with van der Waals surface area (Å²) in [6.45, 7) is 0.341. The molecule has 0 spiro atoms. The van der Waals surface area contributed by atoms with Gasteiger partial charge in [0.15, 0.2) is 0 Å². The molecule has 0 aliphatic carbocycles. The molecule has 16 heavy (non-hydrogen) atoms. The topological polar surface area (TPSA) is 75.4 Å². The third kappa shape index (κ3) is 3.04. The molecule has 0 fully saturated rings. The van der Waals surface area contributed by atoms with Gasteiger partial charge in [0.25, 0.3) is 0 Å². The summed E-state index contributed by atoms with van der Waals surface area (Å²) in [5.74, 6) is 3.38. The molecule has 0 saturated carbocycles. The summed E-state index contributed by atoms with van der Waals surface area (Å²) in [7, 11) is 1.54. The van der Waals surface area contributed by atoms with E-state index in [9.17, 15) is 9.59 Å². The summed E-state index contributed by atoms with van der Waals surface area (Å²) < 4.78 is 0.891. The number of likely N-dealkylation sites (N-methyl/N-ethyl adjacent to an activating group) is 1. The zero-order valence-electron chi connectivity index (χ0n) is 8.74. The molecule has 86 valence electrons. The highest BCUT2D eigenvalue weighted by atomic mass is 79.9. The number of benzene rings is 1. The number of hydrogen-bond donors (Lipinski definition) is 2. The molecule has 1 aromatic rings. The van der Waals surface area contributed by atoms with Crippen LogP contribution in [0.2, 0.25) is 0 Å². The van der Waals surface area contributed by atoms with E-state index in [1.54, 1.807) is 5.43 Å². The first-order chi connectivity index (χ1) is 7.56. The average molecular weight is 286 g/mol. The molecule has 0 unspecified atom stereocenters. The van der Waals surface area contributed by atoms with Gasteiger partial charge in [0, 0.05) is 18.1 Å². The van der Waals surface area contributed by atoms with Gasteiger partial charge in [-0.25, -0.2) is 5.84 Å². The van der Waals surface area contributed by atoms with Crippen molar-refractivity contribution in [3.8, 4) is 0 Å². The minimum Gasteiger partial charge on any atom is -0.333 e. The molecule has 0 saturated heterocycles. The van der Waals surface area contributed by atoms with Crippen LogP contribution in [0.25, 0.3) is 0 Å². The van der Waals surface area contributed by atoms with Crippen LogP contribution >= 0.6 is 15.9 Å². The lowest BCUT2D eigenvalue weighted by molar-refractivity contribution is -0.145. The third-order valence-electron chi connectivity index (χ3n) is 2.04. The van der Waals surface area contributed by atoms with Crippen molar-refractivity contribution in [2.45, 2.75) is 6.54 Å². The number of amides is 2. The second-order valence-corrected chi connectivity index (χ2v) is 4.08. The highest BCUT2D eigenvalue weighted by Crippen LogP contribution is 2.17. The van der Waals surface area contributed by atoms with Crippen molar-refractivity contribution >= 4 is 27.7 Å². The average Bonchev–Trinajstić information content (AvgIpc) is 2.30. The fourth-order valence-corrected chi connectivity index (χ4v) is 1.60. The predicted octanol–water partition coefficient (Wildman–Crippen LogP) is 0.397. The van der Waals surface area contributed by atoms with Crippen LogP contribution in [0.5, 0.6) is 0 Å². The van der Waals surface area contributed by atoms with Gasteiger partial charge in [-0.05, 0) is 11.6 Å². The molecule has 0 heterocycles. The van der Waals surface area contributed by atoms with E-state index in [2.05, 4.69) is 15.9 Å². The van der Waals surface area contributed by atoms with Crippen LogP contribution in [-0.4, -0.2) is 23.8 Å². The summed E-state index contributed by atoms with van der Waals surface area (Å²) >= 11 is 3.36. The highest BCUT2D eigenvalue weighted by Gasteiger charge is 2.17. The SMILES string of the molecule is CN(Cc1ccccc1Br)C(=O)C(=O)NN. The number of nitrogens with one attached hydrogen (secondary N) is 1. The Kier molecular flexibility index (Phi) is 4.45. The van der Waals surface area contributed by atoms with Crippen molar-refractivity contribution in [1.82, 2.24) is 10.3 Å². The number of halogens is 1. The normalized spacial score (nSPS) is 9.69. The van der Waals surface area contributed by atoms with Crippen LogP contribution in [0.15, 0.2) is 28.7 Å². The van der Waals surface area contributed by atoms with Crippen molar-refractivity contribution in [2.24, 2.45) is 5.84 Å². The largest absolute Gasteiger partial charge is 0.333 e. The molecule has 0 bridgehead atoms. The number of carbonyl (C=O) groups is 2. The quantitative estimate of drug-likeness (QED) is 0.357. The molecule has 0 aliphatic rings. The van der Waals surface area contributed by atoms with Gasteiger partial charge in [-0.3, -0.25) is 15.0 Å². The first kappa shape index (κ1) is 12.7. The maximum atomic E-state index is 11.4. The highest BCUT2D eigenvalue weighted by molar-refractivity contribution is 9.10. The van der Waals surface area contributed by atoms with Crippen LogP contribution in [0.3, 0.4) is 0 Å². The van der Waals surface area contributed by atoms with E-state index >= 15 is 0 Å². The van der Waals surface area contributed by atoms with Gasteiger partial charge in [-0.1, -0.05) is 34.1 Å². The Balaban J connectivity index is 2.72. The molecule has 0 aromatic heterocycles. The van der Waals surface area contributed by atoms with E-state index in [-0.39, 0.29) is 0 Å². The Morgan fingerprint density at radius 2 is 2.06 bits per heavy atom. The molecule has 5 nitrogen and oxygen atoms in total. The second-order valence-electron chi connectivity index (χ2n) is 3.23. The Labute approximate surface area is 102 Å². The van der Waals surface area contributed by atoms with E-state index in [0.717, 1.165) is 10.0 Å². The van der Waals surface area contributed by atoms with Crippen molar-refractivity contribution in [3.05, 3.63) is 34.3 Å². The molecule has 1 aromatic carbocycles. The maximum absolute atomic E-state index is 11.4. The Bertz CT molecular complexity index is 409. The van der Waals surface area contributed by atoms with E-state index in [1.807, 2.05) is 24.3 Å². The van der Waals surface area contributed by atoms with Gasteiger partial charge in [0.2, 0.25) is 0 Å². The molecule has 6 heteroatoms. The minimum atomic E-state index is -0.824. The lowest BCUT2D eigenvalue weighted by Gasteiger charge is -2.16. The number of carbonyl (C=O) groups excluding carboxylic acids is 2.